The van der Waals surface area contributed by atoms with Crippen LogP contribution in [0.5, 0.6) is 0 Å². The van der Waals surface area contributed by atoms with Crippen molar-refractivity contribution in [2.24, 2.45) is 0 Å². The zero-order valence-corrected chi connectivity index (χ0v) is 18.0. The molecule has 0 bridgehead atoms. The maximum Gasteiger partial charge on any atom is 0.264 e. The number of nitrogens with zero attached hydrogens (tertiary/aromatic N) is 2. The fourth-order valence-electron chi connectivity index (χ4n) is 3.40. The van der Waals surface area contributed by atoms with Gasteiger partial charge in [0.1, 0.15) is 6.04 Å². The molecule has 0 radical (unpaired) electrons. The highest BCUT2D eigenvalue weighted by Gasteiger charge is 2.44. The van der Waals surface area contributed by atoms with Crippen molar-refractivity contribution in [3.8, 4) is 0 Å². The molecule has 1 saturated heterocycles. The fourth-order valence-corrected chi connectivity index (χ4v) is 4.40. The van der Waals surface area contributed by atoms with E-state index in [4.69, 9.17) is 23.2 Å². The normalized spacial score (nSPS) is 16.2. The molecule has 3 amide bonds. The van der Waals surface area contributed by atoms with Crippen LogP contribution in [0.1, 0.15) is 21.7 Å². The number of carbonyl (C=O) groups excluding carboxylic acids is 3. The molecular formula is C22H16Cl2N2O3S. The summed E-state index contributed by atoms with van der Waals surface area (Å²) < 4.78 is 0. The summed E-state index contributed by atoms with van der Waals surface area (Å²) >= 11 is 13.5. The standard InChI is InChI=1S/C22H16Cl2N2O3S/c23-15-7-9-16(10-8-15)26-20(27)12-18(21(26)28)25(22(29)19-6-3-11-30-19)13-14-4-1-2-5-17(14)24/h1-11,18H,12-13H2. The Labute approximate surface area is 187 Å². The summed E-state index contributed by atoms with van der Waals surface area (Å²) in [5.74, 6) is -1.12. The predicted octanol–water partition coefficient (Wildman–Crippen LogP) is 5.03. The molecule has 3 aromatic rings. The number of carbonyl (C=O) groups is 3. The highest BCUT2D eigenvalue weighted by atomic mass is 35.5. The number of amides is 3. The average Bonchev–Trinajstić information content (AvgIpc) is 3.36. The number of thiophene rings is 1. The third-order valence-corrected chi connectivity index (χ3v) is 6.35. The van der Waals surface area contributed by atoms with Gasteiger partial charge in [0.2, 0.25) is 5.91 Å². The first kappa shape index (κ1) is 20.6. The summed E-state index contributed by atoms with van der Waals surface area (Å²) in [6.45, 7) is 0.120. The van der Waals surface area contributed by atoms with E-state index in [1.54, 1.807) is 60.0 Å². The molecule has 0 aliphatic carbocycles. The monoisotopic (exact) mass is 458 g/mol. The van der Waals surface area contributed by atoms with Gasteiger partial charge >= 0.3 is 0 Å². The molecule has 0 saturated carbocycles. The van der Waals surface area contributed by atoms with Crippen molar-refractivity contribution in [1.82, 2.24) is 4.90 Å². The Morgan fingerprint density at radius 2 is 1.77 bits per heavy atom. The SMILES string of the molecule is O=C1CC(N(Cc2ccccc2Cl)C(=O)c2cccs2)C(=O)N1c1ccc(Cl)cc1. The molecule has 1 aliphatic rings. The zero-order chi connectivity index (χ0) is 21.3. The van der Waals surface area contributed by atoms with Gasteiger partial charge in [0.05, 0.1) is 17.0 Å². The van der Waals surface area contributed by atoms with Crippen molar-refractivity contribution >= 4 is 57.9 Å². The molecule has 8 heteroatoms. The molecule has 1 atom stereocenters. The van der Waals surface area contributed by atoms with Gasteiger partial charge in [0.25, 0.3) is 11.8 Å². The van der Waals surface area contributed by atoms with Crippen molar-refractivity contribution in [2.75, 3.05) is 4.90 Å². The van der Waals surface area contributed by atoms with Crippen LogP contribution in [0.2, 0.25) is 10.0 Å². The van der Waals surface area contributed by atoms with Crippen molar-refractivity contribution in [2.45, 2.75) is 19.0 Å². The summed E-state index contributed by atoms with van der Waals surface area (Å²) in [5, 5.41) is 2.79. The first-order valence-corrected chi connectivity index (χ1v) is 10.8. The van der Waals surface area contributed by atoms with E-state index in [9.17, 15) is 14.4 Å². The molecule has 4 rings (SSSR count). The molecule has 1 unspecified atom stereocenters. The summed E-state index contributed by atoms with van der Waals surface area (Å²) in [5.41, 5.74) is 1.13. The van der Waals surface area contributed by atoms with Crippen molar-refractivity contribution < 1.29 is 14.4 Å². The lowest BCUT2D eigenvalue weighted by molar-refractivity contribution is -0.122. The van der Waals surface area contributed by atoms with Gasteiger partial charge in [-0.05, 0) is 47.3 Å². The largest absolute Gasteiger partial charge is 0.321 e. The molecule has 0 N–H and O–H groups in total. The molecule has 30 heavy (non-hydrogen) atoms. The minimum absolute atomic E-state index is 0.0942. The minimum Gasteiger partial charge on any atom is -0.321 e. The van der Waals surface area contributed by atoms with Crippen LogP contribution in [-0.2, 0) is 16.1 Å². The molecule has 2 aromatic carbocycles. The van der Waals surface area contributed by atoms with Gasteiger partial charge in [-0.1, -0.05) is 47.5 Å². The highest BCUT2D eigenvalue weighted by molar-refractivity contribution is 7.12. The van der Waals surface area contributed by atoms with E-state index in [1.807, 2.05) is 6.07 Å². The van der Waals surface area contributed by atoms with E-state index in [0.717, 1.165) is 4.90 Å². The summed E-state index contributed by atoms with van der Waals surface area (Å²) in [6, 6.07) is 16.1. The van der Waals surface area contributed by atoms with Crippen LogP contribution >= 0.6 is 34.5 Å². The van der Waals surface area contributed by atoms with Crippen LogP contribution in [0, 0.1) is 0 Å². The van der Waals surface area contributed by atoms with Gasteiger partial charge in [0.15, 0.2) is 0 Å². The second-order valence-electron chi connectivity index (χ2n) is 6.77. The Balaban J connectivity index is 1.69. The quantitative estimate of drug-likeness (QED) is 0.503. The van der Waals surface area contributed by atoms with Crippen molar-refractivity contribution in [3.05, 3.63) is 86.5 Å². The zero-order valence-electron chi connectivity index (χ0n) is 15.6. The third kappa shape index (κ3) is 3.99. The fraction of sp³-hybridized carbons (Fsp3) is 0.136. The summed E-state index contributed by atoms with van der Waals surface area (Å²) in [7, 11) is 0. The molecule has 1 aromatic heterocycles. The molecule has 5 nitrogen and oxygen atoms in total. The molecule has 1 fully saturated rings. The van der Waals surface area contributed by atoms with Gasteiger partial charge in [-0.2, -0.15) is 0 Å². The van der Waals surface area contributed by atoms with Crippen LogP contribution in [0.3, 0.4) is 0 Å². The Morgan fingerprint density at radius 1 is 1.03 bits per heavy atom. The number of imide groups is 1. The van der Waals surface area contributed by atoms with Crippen molar-refractivity contribution in [1.29, 1.82) is 0 Å². The Bertz CT molecular complexity index is 1100. The number of anilines is 1. The highest BCUT2D eigenvalue weighted by Crippen LogP contribution is 2.30. The summed E-state index contributed by atoms with van der Waals surface area (Å²) in [6.07, 6.45) is -0.0942. The average molecular weight is 459 g/mol. The van der Waals surface area contributed by atoms with Gasteiger partial charge in [-0.3, -0.25) is 14.4 Å². The second-order valence-corrected chi connectivity index (χ2v) is 8.56. The van der Waals surface area contributed by atoms with Crippen LogP contribution in [-0.4, -0.2) is 28.7 Å². The lowest BCUT2D eigenvalue weighted by Crippen LogP contribution is -2.45. The third-order valence-electron chi connectivity index (χ3n) is 4.88. The first-order valence-electron chi connectivity index (χ1n) is 9.16. The van der Waals surface area contributed by atoms with Gasteiger partial charge in [-0.15, -0.1) is 11.3 Å². The number of benzene rings is 2. The Hall–Kier alpha value is -2.67. The maximum atomic E-state index is 13.2. The summed E-state index contributed by atoms with van der Waals surface area (Å²) in [4.78, 5) is 42.2. The van der Waals surface area contributed by atoms with Crippen LogP contribution in [0.15, 0.2) is 66.0 Å². The maximum absolute atomic E-state index is 13.2. The van der Waals surface area contributed by atoms with E-state index in [-0.39, 0.29) is 24.8 Å². The Morgan fingerprint density at radius 3 is 2.43 bits per heavy atom. The molecule has 2 heterocycles. The predicted molar refractivity (Wildman–Crippen MR) is 118 cm³/mol. The smallest absolute Gasteiger partial charge is 0.264 e. The first-order chi connectivity index (χ1) is 14.5. The number of hydrogen-bond acceptors (Lipinski definition) is 4. The van der Waals surface area contributed by atoms with E-state index in [2.05, 4.69) is 0 Å². The molecule has 0 spiro atoms. The molecular weight excluding hydrogens is 443 g/mol. The topological polar surface area (TPSA) is 57.7 Å². The van der Waals surface area contributed by atoms with Gasteiger partial charge < -0.3 is 4.90 Å². The number of hydrogen-bond donors (Lipinski definition) is 0. The molecule has 152 valence electrons. The van der Waals surface area contributed by atoms with Crippen LogP contribution in [0.4, 0.5) is 5.69 Å². The van der Waals surface area contributed by atoms with E-state index in [1.165, 1.54) is 16.2 Å². The van der Waals surface area contributed by atoms with E-state index in [0.29, 0.717) is 26.2 Å². The lowest BCUT2D eigenvalue weighted by atomic mass is 10.1. The van der Waals surface area contributed by atoms with E-state index < -0.39 is 11.9 Å². The number of rotatable bonds is 5. The van der Waals surface area contributed by atoms with Crippen LogP contribution in [0.25, 0.3) is 0 Å². The van der Waals surface area contributed by atoms with Gasteiger partial charge in [-0.25, -0.2) is 4.90 Å². The number of halogens is 2. The van der Waals surface area contributed by atoms with E-state index >= 15 is 0 Å². The van der Waals surface area contributed by atoms with Gasteiger partial charge in [0, 0.05) is 16.6 Å². The van der Waals surface area contributed by atoms with Crippen LogP contribution < -0.4 is 4.90 Å². The second kappa shape index (κ2) is 8.60. The minimum atomic E-state index is -0.918. The Kier molecular flexibility index (Phi) is 5.90. The molecule has 1 aliphatic heterocycles. The van der Waals surface area contributed by atoms with Crippen molar-refractivity contribution in [3.63, 3.8) is 0 Å². The lowest BCUT2D eigenvalue weighted by Gasteiger charge is -2.27.